The Hall–Kier alpha value is -2.20. The lowest BCUT2D eigenvalue weighted by molar-refractivity contribution is 0.0697. The quantitative estimate of drug-likeness (QED) is 0.796. The Bertz CT molecular complexity index is 581. The molecule has 0 saturated carbocycles. The first kappa shape index (κ1) is 14.2. The zero-order chi connectivity index (χ0) is 14.4. The van der Waals surface area contributed by atoms with Crippen LogP contribution in [-0.4, -0.2) is 17.6 Å². The van der Waals surface area contributed by atoms with Crippen molar-refractivity contribution in [2.45, 2.75) is 13.0 Å². The highest BCUT2D eigenvalue weighted by Gasteiger charge is 2.01. The van der Waals surface area contributed by atoms with Gasteiger partial charge in [-0.1, -0.05) is 24.3 Å². The molecular weight excluding hydrogens is 257 g/mol. The second-order valence-electron chi connectivity index (χ2n) is 4.56. The Balaban J connectivity index is 1.77. The molecule has 0 radical (unpaired) electrons. The van der Waals surface area contributed by atoms with Crippen molar-refractivity contribution in [3.63, 3.8) is 0 Å². The molecule has 104 valence electrons. The van der Waals surface area contributed by atoms with Gasteiger partial charge in [0.25, 0.3) is 0 Å². The summed E-state index contributed by atoms with van der Waals surface area (Å²) in [5, 5.41) is 12.0. The number of carboxylic acid groups (broad SMARTS) is 1. The lowest BCUT2D eigenvalue weighted by Gasteiger charge is -2.06. The van der Waals surface area contributed by atoms with E-state index in [0.717, 1.165) is 24.1 Å². The van der Waals surface area contributed by atoms with Crippen LogP contribution in [0.4, 0.5) is 4.39 Å². The maximum absolute atomic E-state index is 13.0. The molecule has 2 rings (SSSR count). The molecule has 4 heteroatoms. The summed E-state index contributed by atoms with van der Waals surface area (Å²) in [4.78, 5) is 10.7. The minimum Gasteiger partial charge on any atom is -0.478 e. The molecule has 0 atom stereocenters. The standard InChI is InChI=1S/C16H16FNO2/c17-15-3-1-2-12(10-15)8-9-18-11-13-4-6-14(7-5-13)16(19)20/h1-7,10,18H,8-9,11H2,(H,19,20). The molecular formula is C16H16FNO2. The number of benzene rings is 2. The lowest BCUT2D eigenvalue weighted by Crippen LogP contribution is -2.16. The first-order valence-corrected chi connectivity index (χ1v) is 6.42. The van der Waals surface area contributed by atoms with Crippen LogP contribution in [0.5, 0.6) is 0 Å². The molecule has 0 aliphatic rings. The normalized spacial score (nSPS) is 10.4. The van der Waals surface area contributed by atoms with E-state index in [1.165, 1.54) is 12.1 Å². The minimum atomic E-state index is -0.921. The van der Waals surface area contributed by atoms with Gasteiger partial charge in [-0.3, -0.25) is 0 Å². The summed E-state index contributed by atoms with van der Waals surface area (Å²) < 4.78 is 13.0. The first-order chi connectivity index (χ1) is 9.65. The molecule has 0 spiro atoms. The van der Waals surface area contributed by atoms with E-state index < -0.39 is 5.97 Å². The molecule has 3 nitrogen and oxygen atoms in total. The Morgan fingerprint density at radius 2 is 1.85 bits per heavy atom. The molecule has 0 heterocycles. The third kappa shape index (κ3) is 4.17. The van der Waals surface area contributed by atoms with Crippen LogP contribution in [0.3, 0.4) is 0 Å². The average Bonchev–Trinajstić information content (AvgIpc) is 2.44. The van der Waals surface area contributed by atoms with Crippen molar-refractivity contribution in [2.24, 2.45) is 0 Å². The molecule has 0 fully saturated rings. The summed E-state index contributed by atoms with van der Waals surface area (Å²) in [7, 11) is 0. The van der Waals surface area contributed by atoms with Gasteiger partial charge in [0.15, 0.2) is 0 Å². The Kier molecular flexibility index (Phi) is 4.85. The molecule has 0 saturated heterocycles. The summed E-state index contributed by atoms with van der Waals surface area (Å²) >= 11 is 0. The number of aromatic carboxylic acids is 1. The summed E-state index contributed by atoms with van der Waals surface area (Å²) in [6, 6.07) is 13.3. The van der Waals surface area contributed by atoms with Crippen LogP contribution in [0.1, 0.15) is 21.5 Å². The van der Waals surface area contributed by atoms with Crippen molar-refractivity contribution >= 4 is 5.97 Å². The van der Waals surface area contributed by atoms with E-state index in [4.69, 9.17) is 5.11 Å². The Morgan fingerprint density at radius 1 is 1.10 bits per heavy atom. The average molecular weight is 273 g/mol. The van der Waals surface area contributed by atoms with Gasteiger partial charge in [0, 0.05) is 6.54 Å². The van der Waals surface area contributed by atoms with E-state index in [0.29, 0.717) is 6.54 Å². The van der Waals surface area contributed by atoms with E-state index in [-0.39, 0.29) is 11.4 Å². The predicted molar refractivity (Wildman–Crippen MR) is 75.2 cm³/mol. The molecule has 2 aromatic rings. The van der Waals surface area contributed by atoms with Crippen LogP contribution in [0, 0.1) is 5.82 Å². The van der Waals surface area contributed by atoms with Crippen molar-refractivity contribution in [2.75, 3.05) is 6.54 Å². The molecule has 0 aliphatic heterocycles. The lowest BCUT2D eigenvalue weighted by atomic mass is 10.1. The van der Waals surface area contributed by atoms with Crippen LogP contribution >= 0.6 is 0 Å². The van der Waals surface area contributed by atoms with Crippen molar-refractivity contribution in [1.29, 1.82) is 0 Å². The predicted octanol–water partition coefficient (Wildman–Crippen LogP) is 2.86. The number of hydrogen-bond donors (Lipinski definition) is 2. The number of halogens is 1. The highest BCUT2D eigenvalue weighted by Crippen LogP contribution is 2.05. The van der Waals surface area contributed by atoms with Crippen LogP contribution < -0.4 is 5.32 Å². The SMILES string of the molecule is O=C(O)c1ccc(CNCCc2cccc(F)c2)cc1. The zero-order valence-corrected chi connectivity index (χ0v) is 11.0. The van der Waals surface area contributed by atoms with E-state index in [9.17, 15) is 9.18 Å². The van der Waals surface area contributed by atoms with Crippen LogP contribution in [-0.2, 0) is 13.0 Å². The molecule has 0 aliphatic carbocycles. The number of rotatable bonds is 6. The van der Waals surface area contributed by atoms with Gasteiger partial charge in [0.1, 0.15) is 5.82 Å². The second kappa shape index (κ2) is 6.82. The number of carboxylic acids is 1. The van der Waals surface area contributed by atoms with Crippen molar-refractivity contribution in [3.05, 3.63) is 71.0 Å². The van der Waals surface area contributed by atoms with E-state index >= 15 is 0 Å². The highest BCUT2D eigenvalue weighted by atomic mass is 19.1. The largest absolute Gasteiger partial charge is 0.478 e. The molecule has 2 N–H and O–H groups in total. The Morgan fingerprint density at radius 3 is 2.50 bits per heavy atom. The van der Waals surface area contributed by atoms with Crippen LogP contribution in [0.15, 0.2) is 48.5 Å². The van der Waals surface area contributed by atoms with Gasteiger partial charge in [-0.15, -0.1) is 0 Å². The summed E-state index contributed by atoms with van der Waals surface area (Å²) in [6.07, 6.45) is 0.755. The number of carbonyl (C=O) groups is 1. The molecule has 0 bridgehead atoms. The van der Waals surface area contributed by atoms with Crippen molar-refractivity contribution in [1.82, 2.24) is 5.32 Å². The van der Waals surface area contributed by atoms with Gasteiger partial charge >= 0.3 is 5.97 Å². The molecule has 2 aromatic carbocycles. The number of nitrogens with one attached hydrogen (secondary N) is 1. The fourth-order valence-corrected chi connectivity index (χ4v) is 1.92. The van der Waals surface area contributed by atoms with Gasteiger partial charge in [-0.25, -0.2) is 9.18 Å². The molecule has 20 heavy (non-hydrogen) atoms. The minimum absolute atomic E-state index is 0.216. The molecule has 0 aromatic heterocycles. The maximum atomic E-state index is 13.0. The molecule has 0 unspecified atom stereocenters. The van der Waals surface area contributed by atoms with Crippen LogP contribution in [0.2, 0.25) is 0 Å². The third-order valence-electron chi connectivity index (χ3n) is 3.01. The first-order valence-electron chi connectivity index (χ1n) is 6.42. The number of hydrogen-bond acceptors (Lipinski definition) is 2. The fraction of sp³-hybridized carbons (Fsp3) is 0.188. The van der Waals surface area contributed by atoms with E-state index in [2.05, 4.69) is 5.32 Å². The highest BCUT2D eigenvalue weighted by molar-refractivity contribution is 5.87. The Labute approximate surface area is 117 Å². The maximum Gasteiger partial charge on any atom is 0.335 e. The van der Waals surface area contributed by atoms with Gasteiger partial charge in [0.05, 0.1) is 5.56 Å². The van der Waals surface area contributed by atoms with Crippen molar-refractivity contribution in [3.8, 4) is 0 Å². The van der Waals surface area contributed by atoms with Gasteiger partial charge in [0.2, 0.25) is 0 Å². The summed E-state index contributed by atoms with van der Waals surface area (Å²) in [6.45, 7) is 1.40. The summed E-state index contributed by atoms with van der Waals surface area (Å²) in [5.41, 5.74) is 2.27. The molecule has 0 amide bonds. The monoisotopic (exact) mass is 273 g/mol. The topological polar surface area (TPSA) is 49.3 Å². The fourth-order valence-electron chi connectivity index (χ4n) is 1.92. The van der Waals surface area contributed by atoms with Gasteiger partial charge < -0.3 is 10.4 Å². The smallest absolute Gasteiger partial charge is 0.335 e. The third-order valence-corrected chi connectivity index (χ3v) is 3.01. The second-order valence-corrected chi connectivity index (χ2v) is 4.56. The summed E-state index contributed by atoms with van der Waals surface area (Å²) in [5.74, 6) is -1.14. The zero-order valence-electron chi connectivity index (χ0n) is 11.0. The van der Waals surface area contributed by atoms with E-state index in [1.807, 2.05) is 6.07 Å². The van der Waals surface area contributed by atoms with Gasteiger partial charge in [-0.05, 0) is 48.4 Å². The van der Waals surface area contributed by atoms with Crippen molar-refractivity contribution < 1.29 is 14.3 Å². The van der Waals surface area contributed by atoms with E-state index in [1.54, 1.807) is 30.3 Å². The van der Waals surface area contributed by atoms with Crippen LogP contribution in [0.25, 0.3) is 0 Å². The van der Waals surface area contributed by atoms with Gasteiger partial charge in [-0.2, -0.15) is 0 Å².